The number of rotatable bonds is 4. The molecule has 1 aromatic heterocycles. The van der Waals surface area contributed by atoms with Gasteiger partial charge in [-0.25, -0.2) is 0 Å². The summed E-state index contributed by atoms with van der Waals surface area (Å²) in [5.41, 5.74) is 1.63. The smallest absolute Gasteiger partial charge is 0.253 e. The Balaban J connectivity index is 1.58. The van der Waals surface area contributed by atoms with E-state index in [1.807, 2.05) is 28.3 Å². The third kappa shape index (κ3) is 4.21. The van der Waals surface area contributed by atoms with Gasteiger partial charge in [-0.2, -0.15) is 0 Å². The molecule has 1 N–H and O–H groups in total. The van der Waals surface area contributed by atoms with Crippen LogP contribution in [0.3, 0.4) is 0 Å². The number of ether oxygens (including phenoxy) is 1. The number of nitrogens with one attached hydrogen (secondary N) is 1. The lowest BCUT2D eigenvalue weighted by atomic mass is 10.2. The van der Waals surface area contributed by atoms with Gasteiger partial charge in [-0.05, 0) is 42.3 Å². The van der Waals surface area contributed by atoms with Crippen LogP contribution in [0, 0.1) is 0 Å². The highest BCUT2D eigenvalue weighted by atomic mass is 16.5. The van der Waals surface area contributed by atoms with Crippen molar-refractivity contribution in [1.82, 2.24) is 14.8 Å². The lowest BCUT2D eigenvalue weighted by Gasteiger charge is -2.22. The van der Waals surface area contributed by atoms with Gasteiger partial charge in [-0.1, -0.05) is 0 Å². The summed E-state index contributed by atoms with van der Waals surface area (Å²) in [4.78, 5) is 31.7. The van der Waals surface area contributed by atoms with Gasteiger partial charge in [-0.3, -0.25) is 9.59 Å². The van der Waals surface area contributed by atoms with E-state index in [1.165, 1.54) is 0 Å². The number of H-pyrrole nitrogens is 1. The molecule has 25 heavy (non-hydrogen) atoms. The summed E-state index contributed by atoms with van der Waals surface area (Å²) in [5.74, 6) is 0.842. The van der Waals surface area contributed by atoms with Crippen molar-refractivity contribution in [3.63, 3.8) is 0 Å². The van der Waals surface area contributed by atoms with Crippen molar-refractivity contribution in [3.05, 3.63) is 53.9 Å². The van der Waals surface area contributed by atoms with E-state index in [4.69, 9.17) is 4.74 Å². The minimum Gasteiger partial charge on any atom is -0.497 e. The van der Waals surface area contributed by atoms with Gasteiger partial charge in [0.05, 0.1) is 13.5 Å². The van der Waals surface area contributed by atoms with E-state index in [1.54, 1.807) is 31.4 Å². The van der Waals surface area contributed by atoms with Gasteiger partial charge in [0.15, 0.2) is 0 Å². The molecule has 0 radical (unpaired) electrons. The van der Waals surface area contributed by atoms with E-state index >= 15 is 0 Å². The van der Waals surface area contributed by atoms with E-state index in [0.29, 0.717) is 38.2 Å². The van der Waals surface area contributed by atoms with E-state index in [9.17, 15) is 9.59 Å². The lowest BCUT2D eigenvalue weighted by Crippen LogP contribution is -2.37. The fourth-order valence-electron chi connectivity index (χ4n) is 3.04. The Labute approximate surface area is 147 Å². The number of carbonyl (C=O) groups excluding carboxylic acids is 2. The molecule has 0 aliphatic carbocycles. The van der Waals surface area contributed by atoms with Crippen LogP contribution in [0.15, 0.2) is 42.7 Å². The molecule has 1 aliphatic heterocycles. The van der Waals surface area contributed by atoms with Crippen molar-refractivity contribution in [1.29, 1.82) is 0 Å². The molecular formula is C19H23N3O3. The van der Waals surface area contributed by atoms with Crippen molar-refractivity contribution < 1.29 is 14.3 Å². The number of aromatic nitrogens is 1. The molecule has 0 spiro atoms. The monoisotopic (exact) mass is 341 g/mol. The summed E-state index contributed by atoms with van der Waals surface area (Å²) in [5, 5.41) is 0. The Morgan fingerprint density at radius 3 is 2.44 bits per heavy atom. The van der Waals surface area contributed by atoms with Gasteiger partial charge in [-0.15, -0.1) is 0 Å². The number of amides is 2. The van der Waals surface area contributed by atoms with E-state index in [-0.39, 0.29) is 11.8 Å². The Morgan fingerprint density at radius 2 is 1.76 bits per heavy atom. The minimum atomic E-state index is 0.00240. The third-order valence-corrected chi connectivity index (χ3v) is 4.49. The van der Waals surface area contributed by atoms with E-state index in [0.717, 1.165) is 17.7 Å². The van der Waals surface area contributed by atoms with Gasteiger partial charge in [0.25, 0.3) is 5.91 Å². The molecule has 2 heterocycles. The SMILES string of the molecule is COc1ccc(C(=O)N2CCCN(C(=O)Cc3cc[nH]c3)CC2)cc1. The van der Waals surface area contributed by atoms with Crippen LogP contribution >= 0.6 is 0 Å². The molecule has 1 fully saturated rings. The Kier molecular flexibility index (Phi) is 5.38. The van der Waals surface area contributed by atoms with Crippen molar-refractivity contribution in [2.75, 3.05) is 33.3 Å². The van der Waals surface area contributed by atoms with Crippen LogP contribution in [0.5, 0.6) is 5.75 Å². The van der Waals surface area contributed by atoms with Crippen LogP contribution in [0.4, 0.5) is 0 Å². The zero-order chi connectivity index (χ0) is 17.6. The Bertz CT molecular complexity index is 710. The van der Waals surface area contributed by atoms with Gasteiger partial charge in [0.2, 0.25) is 5.91 Å². The Hall–Kier alpha value is -2.76. The molecule has 1 aromatic carbocycles. The summed E-state index contributed by atoms with van der Waals surface area (Å²) >= 11 is 0. The van der Waals surface area contributed by atoms with Crippen molar-refractivity contribution in [3.8, 4) is 5.75 Å². The zero-order valence-corrected chi connectivity index (χ0v) is 14.4. The average molecular weight is 341 g/mol. The molecule has 1 saturated heterocycles. The van der Waals surface area contributed by atoms with E-state index in [2.05, 4.69) is 4.98 Å². The maximum atomic E-state index is 12.7. The summed E-state index contributed by atoms with van der Waals surface area (Å²) < 4.78 is 5.13. The minimum absolute atomic E-state index is 0.00240. The maximum Gasteiger partial charge on any atom is 0.253 e. The molecule has 1 aliphatic rings. The molecule has 0 atom stereocenters. The number of hydrogen-bond acceptors (Lipinski definition) is 3. The number of aromatic amines is 1. The molecule has 2 aromatic rings. The molecule has 0 unspecified atom stereocenters. The zero-order valence-electron chi connectivity index (χ0n) is 14.4. The fourth-order valence-corrected chi connectivity index (χ4v) is 3.04. The van der Waals surface area contributed by atoms with Crippen LogP contribution < -0.4 is 4.74 Å². The summed E-state index contributed by atoms with van der Waals surface area (Å²) in [7, 11) is 1.60. The molecule has 0 bridgehead atoms. The highest BCUT2D eigenvalue weighted by molar-refractivity contribution is 5.94. The average Bonchev–Trinajstić information content (AvgIpc) is 3.02. The second-order valence-electron chi connectivity index (χ2n) is 6.15. The van der Waals surface area contributed by atoms with Gasteiger partial charge < -0.3 is 19.5 Å². The van der Waals surface area contributed by atoms with Crippen molar-refractivity contribution in [2.24, 2.45) is 0 Å². The summed E-state index contributed by atoms with van der Waals surface area (Å²) in [6.07, 6.45) is 4.85. The largest absolute Gasteiger partial charge is 0.497 e. The van der Waals surface area contributed by atoms with Crippen LogP contribution in [0.25, 0.3) is 0 Å². The topological polar surface area (TPSA) is 65.6 Å². The van der Waals surface area contributed by atoms with Crippen LogP contribution in [0.2, 0.25) is 0 Å². The first-order valence-electron chi connectivity index (χ1n) is 8.50. The van der Waals surface area contributed by atoms with Gasteiger partial charge >= 0.3 is 0 Å². The number of methoxy groups -OCH3 is 1. The first-order chi connectivity index (χ1) is 12.2. The van der Waals surface area contributed by atoms with Gasteiger partial charge in [0, 0.05) is 44.1 Å². The number of carbonyl (C=O) groups is 2. The second-order valence-corrected chi connectivity index (χ2v) is 6.15. The van der Waals surface area contributed by atoms with Gasteiger partial charge in [0.1, 0.15) is 5.75 Å². The predicted molar refractivity (Wildman–Crippen MR) is 94.6 cm³/mol. The highest BCUT2D eigenvalue weighted by Crippen LogP contribution is 2.15. The van der Waals surface area contributed by atoms with Crippen LogP contribution in [-0.4, -0.2) is 59.9 Å². The lowest BCUT2D eigenvalue weighted by molar-refractivity contribution is -0.130. The molecule has 6 nitrogen and oxygen atoms in total. The quantitative estimate of drug-likeness (QED) is 0.924. The number of benzene rings is 1. The first kappa shape index (κ1) is 17.1. The number of nitrogens with zero attached hydrogens (tertiary/aromatic N) is 2. The second kappa shape index (κ2) is 7.88. The van der Waals surface area contributed by atoms with E-state index < -0.39 is 0 Å². The number of hydrogen-bond donors (Lipinski definition) is 1. The summed E-state index contributed by atoms with van der Waals surface area (Å²) in [6, 6.07) is 9.05. The Morgan fingerprint density at radius 1 is 1.04 bits per heavy atom. The molecule has 2 amide bonds. The first-order valence-corrected chi connectivity index (χ1v) is 8.50. The standard InChI is InChI=1S/C19H23N3O3/c1-25-17-5-3-16(4-6-17)19(24)22-10-2-9-21(11-12-22)18(23)13-15-7-8-20-14-15/h3-8,14,20H,2,9-13H2,1H3. The normalized spacial score (nSPS) is 14.9. The van der Waals surface area contributed by atoms with Crippen LogP contribution in [-0.2, 0) is 11.2 Å². The maximum absolute atomic E-state index is 12.7. The van der Waals surface area contributed by atoms with Crippen LogP contribution in [0.1, 0.15) is 22.3 Å². The molecule has 0 saturated carbocycles. The molecule has 6 heteroatoms. The molecule has 132 valence electrons. The molecule has 3 rings (SSSR count). The van der Waals surface area contributed by atoms with Crippen molar-refractivity contribution >= 4 is 11.8 Å². The predicted octanol–water partition coefficient (Wildman–Crippen LogP) is 1.94. The van der Waals surface area contributed by atoms with Crippen molar-refractivity contribution in [2.45, 2.75) is 12.8 Å². The highest BCUT2D eigenvalue weighted by Gasteiger charge is 2.23. The fraction of sp³-hybridized carbons (Fsp3) is 0.368. The molecular weight excluding hydrogens is 318 g/mol. The summed E-state index contributed by atoms with van der Waals surface area (Å²) in [6.45, 7) is 2.49. The third-order valence-electron chi connectivity index (χ3n) is 4.49.